The number of rotatable bonds is 3. The standard InChI is InChI=1S/C16H15ClOS/c1-12-8-10-15(11-9-12)19(18)16(17)13(2)14-6-4-3-5-7-14/h3-11H,1-2H3/b16-13-/t19-/m1/s1. The molecule has 2 aromatic carbocycles. The smallest absolute Gasteiger partial charge is 0.113 e. The monoisotopic (exact) mass is 290 g/mol. The molecule has 3 heteroatoms. The average molecular weight is 291 g/mol. The molecule has 2 aromatic rings. The number of aryl methyl sites for hydroxylation is 1. The quantitative estimate of drug-likeness (QED) is 0.798. The van der Waals surface area contributed by atoms with Gasteiger partial charge in [0.1, 0.15) is 4.36 Å². The summed E-state index contributed by atoms with van der Waals surface area (Å²) in [6.45, 7) is 3.89. The SMILES string of the molecule is C/C(=C(\Cl)[S@](=O)c1ccc(C)cc1)c1ccccc1. The summed E-state index contributed by atoms with van der Waals surface area (Å²) in [7, 11) is -1.32. The molecule has 0 saturated carbocycles. The lowest BCUT2D eigenvalue weighted by molar-refractivity contribution is 0.688. The molecule has 0 aliphatic rings. The van der Waals surface area contributed by atoms with E-state index in [9.17, 15) is 4.21 Å². The molecule has 98 valence electrons. The van der Waals surface area contributed by atoms with Crippen molar-refractivity contribution in [2.24, 2.45) is 0 Å². The van der Waals surface area contributed by atoms with Crippen molar-refractivity contribution < 1.29 is 4.21 Å². The predicted molar refractivity (Wildman–Crippen MR) is 82.5 cm³/mol. The molecule has 1 nitrogen and oxygen atoms in total. The molecule has 0 amide bonds. The second-order valence-corrected chi connectivity index (χ2v) is 6.37. The molecule has 0 heterocycles. The molecule has 0 spiro atoms. The van der Waals surface area contributed by atoms with E-state index >= 15 is 0 Å². The van der Waals surface area contributed by atoms with Crippen molar-refractivity contribution in [3.8, 4) is 0 Å². The van der Waals surface area contributed by atoms with Gasteiger partial charge in [-0.3, -0.25) is 0 Å². The Kier molecular flexibility index (Phi) is 4.56. The molecule has 0 saturated heterocycles. The average Bonchev–Trinajstić information content (AvgIpc) is 2.46. The Morgan fingerprint density at radius 1 is 1.00 bits per heavy atom. The van der Waals surface area contributed by atoms with Gasteiger partial charge in [0.25, 0.3) is 0 Å². The Morgan fingerprint density at radius 2 is 1.58 bits per heavy atom. The zero-order chi connectivity index (χ0) is 13.8. The first kappa shape index (κ1) is 14.0. The van der Waals surface area contributed by atoms with Gasteiger partial charge in [0.15, 0.2) is 0 Å². The molecule has 0 aliphatic carbocycles. The third-order valence-electron chi connectivity index (χ3n) is 2.90. The minimum Gasteiger partial charge on any atom is -0.248 e. The first-order valence-corrected chi connectivity index (χ1v) is 7.52. The van der Waals surface area contributed by atoms with Crippen LogP contribution in [0.15, 0.2) is 63.9 Å². The van der Waals surface area contributed by atoms with Gasteiger partial charge in [0.2, 0.25) is 0 Å². The highest BCUT2D eigenvalue weighted by Crippen LogP contribution is 2.27. The summed E-state index contributed by atoms with van der Waals surface area (Å²) >= 11 is 6.27. The Bertz CT molecular complexity index is 615. The van der Waals surface area contributed by atoms with Crippen molar-refractivity contribution in [1.82, 2.24) is 0 Å². The van der Waals surface area contributed by atoms with Crippen molar-refractivity contribution in [2.75, 3.05) is 0 Å². The van der Waals surface area contributed by atoms with Crippen molar-refractivity contribution in [3.05, 3.63) is 70.1 Å². The number of hydrogen-bond donors (Lipinski definition) is 0. The molecular formula is C16H15ClOS. The van der Waals surface area contributed by atoms with E-state index in [1.54, 1.807) is 0 Å². The minimum absolute atomic E-state index is 0.384. The Balaban J connectivity index is 2.35. The van der Waals surface area contributed by atoms with Gasteiger partial charge in [-0.15, -0.1) is 0 Å². The Hall–Kier alpha value is -1.38. The normalized spacial score (nSPS) is 13.8. The van der Waals surface area contributed by atoms with Gasteiger partial charge < -0.3 is 0 Å². The van der Waals surface area contributed by atoms with E-state index in [0.29, 0.717) is 4.36 Å². The maximum Gasteiger partial charge on any atom is 0.113 e. The zero-order valence-electron chi connectivity index (χ0n) is 10.9. The second-order valence-electron chi connectivity index (χ2n) is 4.35. The van der Waals surface area contributed by atoms with Gasteiger partial charge in [-0.2, -0.15) is 0 Å². The van der Waals surface area contributed by atoms with Crippen LogP contribution in [0.25, 0.3) is 5.57 Å². The maximum atomic E-state index is 12.4. The second kappa shape index (κ2) is 6.18. The first-order chi connectivity index (χ1) is 9.09. The van der Waals surface area contributed by atoms with E-state index in [1.807, 2.05) is 68.4 Å². The van der Waals surface area contributed by atoms with Crippen LogP contribution in [0.4, 0.5) is 0 Å². The molecule has 0 radical (unpaired) electrons. The molecule has 0 N–H and O–H groups in total. The highest BCUT2D eigenvalue weighted by atomic mass is 35.5. The van der Waals surface area contributed by atoms with Crippen LogP contribution in [0.3, 0.4) is 0 Å². The lowest BCUT2D eigenvalue weighted by Crippen LogP contribution is -1.94. The summed E-state index contributed by atoms with van der Waals surface area (Å²) in [4.78, 5) is 0.728. The van der Waals surface area contributed by atoms with E-state index in [4.69, 9.17) is 11.6 Å². The largest absolute Gasteiger partial charge is 0.248 e. The van der Waals surface area contributed by atoms with Crippen LogP contribution in [0.1, 0.15) is 18.1 Å². The van der Waals surface area contributed by atoms with E-state index < -0.39 is 10.8 Å². The van der Waals surface area contributed by atoms with Crippen molar-refractivity contribution >= 4 is 28.0 Å². The van der Waals surface area contributed by atoms with E-state index in [2.05, 4.69) is 0 Å². The lowest BCUT2D eigenvalue weighted by Gasteiger charge is -2.06. The minimum atomic E-state index is -1.32. The summed E-state index contributed by atoms with van der Waals surface area (Å²) in [6, 6.07) is 17.3. The van der Waals surface area contributed by atoms with E-state index in [1.165, 1.54) is 0 Å². The van der Waals surface area contributed by atoms with Gasteiger partial charge in [-0.25, -0.2) is 4.21 Å². The first-order valence-electron chi connectivity index (χ1n) is 6.00. The van der Waals surface area contributed by atoms with Crippen LogP contribution in [-0.2, 0) is 10.8 Å². The number of allylic oxidation sites excluding steroid dienone is 1. The van der Waals surface area contributed by atoms with Crippen LogP contribution in [0.2, 0.25) is 0 Å². The lowest BCUT2D eigenvalue weighted by atomic mass is 10.1. The van der Waals surface area contributed by atoms with Crippen molar-refractivity contribution in [3.63, 3.8) is 0 Å². The Labute approximate surface area is 121 Å². The van der Waals surface area contributed by atoms with Crippen LogP contribution >= 0.6 is 11.6 Å². The summed E-state index contributed by atoms with van der Waals surface area (Å²) in [5.74, 6) is 0. The topological polar surface area (TPSA) is 17.1 Å². The Morgan fingerprint density at radius 3 is 2.16 bits per heavy atom. The van der Waals surface area contributed by atoms with Crippen LogP contribution in [0, 0.1) is 6.92 Å². The maximum absolute atomic E-state index is 12.4. The van der Waals surface area contributed by atoms with Crippen molar-refractivity contribution in [2.45, 2.75) is 18.7 Å². The summed E-state index contributed by atoms with van der Waals surface area (Å²) in [5.41, 5.74) is 2.98. The number of hydrogen-bond acceptors (Lipinski definition) is 1. The highest BCUT2D eigenvalue weighted by Gasteiger charge is 2.12. The summed E-state index contributed by atoms with van der Waals surface area (Å²) < 4.78 is 12.8. The van der Waals surface area contributed by atoms with Crippen LogP contribution in [0.5, 0.6) is 0 Å². The number of benzene rings is 2. The third kappa shape index (κ3) is 3.34. The molecule has 0 bridgehead atoms. The third-order valence-corrected chi connectivity index (χ3v) is 4.94. The fourth-order valence-electron chi connectivity index (χ4n) is 1.71. The van der Waals surface area contributed by atoms with Gasteiger partial charge in [0, 0.05) is 4.90 Å². The fourth-order valence-corrected chi connectivity index (χ4v) is 3.07. The van der Waals surface area contributed by atoms with Crippen LogP contribution in [-0.4, -0.2) is 4.21 Å². The van der Waals surface area contributed by atoms with Crippen LogP contribution < -0.4 is 0 Å². The summed E-state index contributed by atoms with van der Waals surface area (Å²) in [5, 5.41) is 0. The van der Waals surface area contributed by atoms with Gasteiger partial charge in [0.05, 0.1) is 10.8 Å². The predicted octanol–water partition coefficient (Wildman–Crippen LogP) is 4.73. The molecule has 0 aromatic heterocycles. The zero-order valence-corrected chi connectivity index (χ0v) is 12.5. The molecule has 1 atom stereocenters. The molecule has 19 heavy (non-hydrogen) atoms. The summed E-state index contributed by atoms with van der Waals surface area (Å²) in [6.07, 6.45) is 0. The van der Waals surface area contributed by atoms with Gasteiger partial charge in [-0.05, 0) is 37.1 Å². The molecule has 0 unspecified atom stereocenters. The van der Waals surface area contributed by atoms with E-state index in [0.717, 1.165) is 21.6 Å². The van der Waals surface area contributed by atoms with Gasteiger partial charge >= 0.3 is 0 Å². The van der Waals surface area contributed by atoms with Crippen molar-refractivity contribution in [1.29, 1.82) is 0 Å². The number of halogens is 1. The fraction of sp³-hybridized carbons (Fsp3) is 0.125. The highest BCUT2D eigenvalue weighted by molar-refractivity contribution is 7.91. The molecular weight excluding hydrogens is 276 g/mol. The molecule has 0 aliphatic heterocycles. The van der Waals surface area contributed by atoms with Gasteiger partial charge in [-0.1, -0.05) is 59.6 Å². The van der Waals surface area contributed by atoms with E-state index in [-0.39, 0.29) is 0 Å². The molecule has 0 fully saturated rings. The molecule has 2 rings (SSSR count).